The van der Waals surface area contributed by atoms with Crippen LogP contribution >= 0.6 is 11.6 Å². The fourth-order valence-corrected chi connectivity index (χ4v) is 4.01. The Balaban J connectivity index is 1.39. The minimum absolute atomic E-state index is 0.0196. The van der Waals surface area contributed by atoms with E-state index in [4.69, 9.17) is 11.6 Å². The van der Waals surface area contributed by atoms with Gasteiger partial charge in [-0.25, -0.2) is 14.2 Å². The molecule has 31 heavy (non-hydrogen) atoms. The number of rotatable bonds is 4. The number of pyridine rings is 1. The average Bonchev–Trinajstić information content (AvgIpc) is 3.18. The summed E-state index contributed by atoms with van der Waals surface area (Å²) in [4.78, 5) is 33.2. The average molecular weight is 448 g/mol. The van der Waals surface area contributed by atoms with Crippen LogP contribution in [0.2, 0.25) is 5.02 Å². The summed E-state index contributed by atoms with van der Waals surface area (Å²) in [6.45, 7) is 1.81. The lowest BCUT2D eigenvalue weighted by Gasteiger charge is -2.32. The van der Waals surface area contributed by atoms with E-state index in [-0.39, 0.29) is 22.7 Å². The number of carbonyl (C=O) groups excluding carboxylic acids is 2. The lowest BCUT2D eigenvalue weighted by atomic mass is 10.0. The zero-order valence-electron chi connectivity index (χ0n) is 16.7. The van der Waals surface area contributed by atoms with Crippen LogP contribution in [0.25, 0.3) is 0 Å². The predicted molar refractivity (Wildman–Crippen MR) is 116 cm³/mol. The Morgan fingerprint density at radius 1 is 1.23 bits per heavy atom. The molecule has 3 amide bonds. The summed E-state index contributed by atoms with van der Waals surface area (Å²) in [5.74, 6) is -0.149. The number of piperidine rings is 1. The molecule has 0 radical (unpaired) electrons. The number of amides is 3. The van der Waals surface area contributed by atoms with E-state index < -0.39 is 17.9 Å². The monoisotopic (exact) mass is 447 g/mol. The van der Waals surface area contributed by atoms with Crippen molar-refractivity contribution in [3.63, 3.8) is 0 Å². The number of aromatic nitrogens is 1. The number of anilines is 3. The number of urea groups is 1. The summed E-state index contributed by atoms with van der Waals surface area (Å²) in [6.07, 6.45) is 3.19. The maximum absolute atomic E-state index is 13.9. The van der Waals surface area contributed by atoms with Crippen molar-refractivity contribution in [2.75, 3.05) is 34.8 Å². The Bertz CT molecular complexity index is 974. The largest absolute Gasteiger partial charge is 0.391 e. The van der Waals surface area contributed by atoms with E-state index >= 15 is 0 Å². The van der Waals surface area contributed by atoms with Gasteiger partial charge >= 0.3 is 6.03 Å². The van der Waals surface area contributed by atoms with E-state index in [1.54, 1.807) is 11.1 Å². The molecule has 0 spiro atoms. The molecule has 3 heterocycles. The van der Waals surface area contributed by atoms with E-state index in [2.05, 4.69) is 15.6 Å². The Morgan fingerprint density at radius 2 is 2.06 bits per heavy atom. The normalized spacial score (nSPS) is 21.3. The van der Waals surface area contributed by atoms with E-state index in [1.807, 2.05) is 17.0 Å². The molecule has 2 atom stereocenters. The summed E-state index contributed by atoms with van der Waals surface area (Å²) in [7, 11) is 0. The van der Waals surface area contributed by atoms with Crippen molar-refractivity contribution >= 4 is 40.7 Å². The van der Waals surface area contributed by atoms with Gasteiger partial charge in [0.05, 0.1) is 23.7 Å². The number of β-amino-alcohol motifs (C(OH)–C–C–N with tert-alkyl or cyclic N) is 1. The Kier molecular flexibility index (Phi) is 6.24. The minimum Gasteiger partial charge on any atom is -0.391 e. The van der Waals surface area contributed by atoms with Gasteiger partial charge in [-0.05, 0) is 49.6 Å². The molecule has 4 rings (SSSR count). The SMILES string of the molecule is O=C(Nc1ccc(Cl)cc1F)NC1CCCN(c2ccc(N3CCC(O)C3)nc2)C1=O. The van der Waals surface area contributed by atoms with Crippen LogP contribution in [-0.4, -0.2) is 53.8 Å². The second-order valence-electron chi connectivity index (χ2n) is 7.67. The topological polar surface area (TPSA) is 97.8 Å². The summed E-state index contributed by atoms with van der Waals surface area (Å²) < 4.78 is 13.9. The first kappa shape index (κ1) is 21.3. The number of carbonyl (C=O) groups is 2. The fourth-order valence-electron chi connectivity index (χ4n) is 3.85. The first-order chi connectivity index (χ1) is 14.9. The summed E-state index contributed by atoms with van der Waals surface area (Å²) >= 11 is 5.72. The third-order valence-corrected chi connectivity index (χ3v) is 5.69. The molecule has 8 nitrogen and oxygen atoms in total. The van der Waals surface area contributed by atoms with Crippen molar-refractivity contribution in [3.8, 4) is 0 Å². The van der Waals surface area contributed by atoms with E-state index in [1.165, 1.54) is 12.1 Å². The number of halogens is 2. The molecule has 2 aromatic rings. The van der Waals surface area contributed by atoms with Crippen LogP contribution in [0.1, 0.15) is 19.3 Å². The van der Waals surface area contributed by atoms with Gasteiger partial charge in [0, 0.05) is 24.7 Å². The maximum atomic E-state index is 13.9. The summed E-state index contributed by atoms with van der Waals surface area (Å²) in [5, 5.41) is 14.9. The summed E-state index contributed by atoms with van der Waals surface area (Å²) in [5.41, 5.74) is 0.623. The molecule has 10 heteroatoms. The number of aliphatic hydroxyl groups is 1. The predicted octanol–water partition coefficient (Wildman–Crippen LogP) is 2.76. The van der Waals surface area contributed by atoms with Crippen molar-refractivity contribution < 1.29 is 19.1 Å². The first-order valence-corrected chi connectivity index (χ1v) is 10.5. The number of hydrogen-bond acceptors (Lipinski definition) is 5. The quantitative estimate of drug-likeness (QED) is 0.669. The minimum atomic E-state index is -0.725. The second kappa shape index (κ2) is 9.07. The van der Waals surface area contributed by atoms with E-state index in [0.717, 1.165) is 18.4 Å². The number of nitrogens with zero attached hydrogens (tertiary/aromatic N) is 3. The highest BCUT2D eigenvalue weighted by molar-refractivity contribution is 6.30. The highest BCUT2D eigenvalue weighted by Gasteiger charge is 2.31. The number of nitrogens with one attached hydrogen (secondary N) is 2. The van der Waals surface area contributed by atoms with Gasteiger partial charge in [0.25, 0.3) is 0 Å². The smallest absolute Gasteiger partial charge is 0.319 e. The van der Waals surface area contributed by atoms with Crippen molar-refractivity contribution in [3.05, 3.63) is 47.4 Å². The van der Waals surface area contributed by atoms with Crippen LogP contribution in [0.3, 0.4) is 0 Å². The lowest BCUT2D eigenvalue weighted by molar-refractivity contribution is -0.121. The number of hydrogen-bond donors (Lipinski definition) is 3. The van der Waals surface area contributed by atoms with Crippen molar-refractivity contribution in [1.82, 2.24) is 10.3 Å². The van der Waals surface area contributed by atoms with Gasteiger partial charge in [0.1, 0.15) is 17.7 Å². The third-order valence-electron chi connectivity index (χ3n) is 5.45. The Hall–Kier alpha value is -2.91. The van der Waals surface area contributed by atoms with Gasteiger partial charge < -0.3 is 25.5 Å². The number of aliphatic hydroxyl groups excluding tert-OH is 1. The highest BCUT2D eigenvalue weighted by Crippen LogP contribution is 2.25. The standard InChI is InChI=1S/C21H23ClFN5O3/c22-13-3-5-17(16(23)10-13)25-21(31)26-18-2-1-8-28(20(18)30)14-4-6-19(24-11-14)27-9-7-15(29)12-27/h3-6,10-11,15,18,29H,1-2,7-9,12H2,(H2,25,26,31). The van der Waals surface area contributed by atoms with Crippen LogP contribution in [0.15, 0.2) is 36.5 Å². The highest BCUT2D eigenvalue weighted by atomic mass is 35.5. The van der Waals surface area contributed by atoms with Gasteiger partial charge in [0.2, 0.25) is 5.91 Å². The molecule has 0 saturated carbocycles. The van der Waals surface area contributed by atoms with E-state index in [9.17, 15) is 19.1 Å². The van der Waals surface area contributed by atoms with Crippen LogP contribution in [-0.2, 0) is 4.79 Å². The van der Waals surface area contributed by atoms with Gasteiger partial charge in [-0.1, -0.05) is 11.6 Å². The molecule has 2 unspecified atom stereocenters. The Labute approximate surface area is 184 Å². The molecule has 164 valence electrons. The summed E-state index contributed by atoms with van der Waals surface area (Å²) in [6, 6.07) is 6.18. The molecular formula is C21H23ClFN5O3. The van der Waals surface area contributed by atoms with Crippen LogP contribution in [0.4, 0.5) is 26.4 Å². The lowest BCUT2D eigenvalue weighted by Crippen LogP contribution is -2.53. The molecule has 2 aliphatic heterocycles. The van der Waals surface area contributed by atoms with Crippen LogP contribution < -0.4 is 20.4 Å². The molecule has 0 bridgehead atoms. The van der Waals surface area contributed by atoms with Gasteiger partial charge in [0.15, 0.2) is 0 Å². The van der Waals surface area contributed by atoms with Gasteiger partial charge in [-0.2, -0.15) is 0 Å². The van der Waals surface area contributed by atoms with Crippen molar-refractivity contribution in [2.45, 2.75) is 31.4 Å². The maximum Gasteiger partial charge on any atom is 0.319 e. The van der Waals surface area contributed by atoms with Crippen molar-refractivity contribution in [1.29, 1.82) is 0 Å². The fraction of sp³-hybridized carbons (Fsp3) is 0.381. The molecule has 1 aromatic carbocycles. The van der Waals surface area contributed by atoms with Crippen LogP contribution in [0, 0.1) is 5.82 Å². The third kappa shape index (κ3) is 4.88. The molecule has 2 aliphatic rings. The molecule has 0 aliphatic carbocycles. The Morgan fingerprint density at radius 3 is 2.74 bits per heavy atom. The molecule has 2 fully saturated rings. The second-order valence-corrected chi connectivity index (χ2v) is 8.11. The first-order valence-electron chi connectivity index (χ1n) is 10.1. The molecule has 1 aromatic heterocycles. The number of benzene rings is 1. The molecule has 2 saturated heterocycles. The van der Waals surface area contributed by atoms with Gasteiger partial charge in [-0.15, -0.1) is 0 Å². The molecule has 3 N–H and O–H groups in total. The van der Waals surface area contributed by atoms with Crippen molar-refractivity contribution in [2.24, 2.45) is 0 Å². The zero-order chi connectivity index (χ0) is 22.0. The van der Waals surface area contributed by atoms with Gasteiger partial charge in [-0.3, -0.25) is 4.79 Å². The van der Waals surface area contributed by atoms with E-state index in [0.29, 0.717) is 38.0 Å². The molecular weight excluding hydrogens is 425 g/mol. The van der Waals surface area contributed by atoms with Crippen LogP contribution in [0.5, 0.6) is 0 Å². The zero-order valence-corrected chi connectivity index (χ0v) is 17.5.